The molecular weight excluding hydrogens is 341 g/mol. The van der Waals surface area contributed by atoms with Gasteiger partial charge < -0.3 is 5.11 Å². The van der Waals surface area contributed by atoms with E-state index in [1.54, 1.807) is 4.68 Å². The molecule has 0 radical (unpaired) electrons. The first-order valence-corrected chi connectivity index (χ1v) is 8.35. The Hall–Kier alpha value is -0.880. The lowest BCUT2D eigenvalue weighted by Gasteiger charge is -2.33. The van der Waals surface area contributed by atoms with Gasteiger partial charge in [0, 0.05) is 5.02 Å². The summed E-state index contributed by atoms with van der Waals surface area (Å²) in [7, 11) is 0. The Morgan fingerprint density at radius 2 is 2.14 bits per heavy atom. The first-order chi connectivity index (χ1) is 10.4. The second-order valence-electron chi connectivity index (χ2n) is 5.84. The molecular formula is C15H17Cl2N3OS. The molecule has 1 saturated carbocycles. The van der Waals surface area contributed by atoms with Crippen molar-refractivity contribution in [3.05, 3.63) is 45.9 Å². The average molecular weight is 358 g/mol. The highest BCUT2D eigenvalue weighted by Gasteiger charge is 2.57. The number of aliphatic hydroxyl groups is 1. The molecule has 1 aromatic carbocycles. The van der Waals surface area contributed by atoms with Gasteiger partial charge in [-0.1, -0.05) is 29.8 Å². The van der Waals surface area contributed by atoms with Gasteiger partial charge in [0.05, 0.1) is 11.4 Å². The number of aromatic amines is 1. The number of aryl methyl sites for hydroxylation is 1. The highest BCUT2D eigenvalue weighted by atomic mass is 35.5. The van der Waals surface area contributed by atoms with E-state index in [9.17, 15) is 5.11 Å². The van der Waals surface area contributed by atoms with Crippen molar-refractivity contribution in [2.24, 2.45) is 0 Å². The van der Waals surface area contributed by atoms with E-state index in [1.165, 1.54) is 6.33 Å². The van der Waals surface area contributed by atoms with Crippen LogP contribution in [0.1, 0.15) is 24.8 Å². The highest BCUT2D eigenvalue weighted by molar-refractivity contribution is 7.71. The summed E-state index contributed by atoms with van der Waals surface area (Å²) in [5.74, 6) is 0. The van der Waals surface area contributed by atoms with E-state index < -0.39 is 10.5 Å². The number of nitrogens with zero attached hydrogens (tertiary/aromatic N) is 2. The van der Waals surface area contributed by atoms with Crippen molar-refractivity contribution < 1.29 is 5.11 Å². The van der Waals surface area contributed by atoms with Crippen LogP contribution in [0.4, 0.5) is 0 Å². The smallest absolute Gasteiger partial charge is 0.215 e. The number of hydrogen-bond acceptors (Lipinski definition) is 3. The fraction of sp³-hybridized carbons (Fsp3) is 0.467. The Kier molecular flexibility index (Phi) is 4.34. The van der Waals surface area contributed by atoms with E-state index >= 15 is 0 Å². The lowest BCUT2D eigenvalue weighted by atomic mass is 9.89. The quantitative estimate of drug-likeness (QED) is 0.611. The van der Waals surface area contributed by atoms with Crippen LogP contribution in [0.25, 0.3) is 0 Å². The molecule has 1 aliphatic carbocycles. The minimum Gasteiger partial charge on any atom is -0.386 e. The van der Waals surface area contributed by atoms with Crippen molar-refractivity contribution >= 4 is 35.4 Å². The SMILES string of the molecule is OC(CCc1ccccc1Cl)(Cn1[nH]cnc1=S)C1(Cl)CC1. The molecule has 1 atom stereocenters. The average Bonchev–Trinajstić information content (AvgIpc) is 3.13. The molecule has 118 valence electrons. The number of nitrogens with one attached hydrogen (secondary N) is 1. The maximum atomic E-state index is 11.2. The van der Waals surface area contributed by atoms with Gasteiger partial charge in [0.2, 0.25) is 4.77 Å². The normalized spacial score (nSPS) is 18.9. The van der Waals surface area contributed by atoms with Crippen LogP contribution in [0.5, 0.6) is 0 Å². The van der Waals surface area contributed by atoms with Gasteiger partial charge in [-0.05, 0) is 49.5 Å². The fourth-order valence-corrected chi connectivity index (χ4v) is 3.36. The zero-order valence-corrected chi connectivity index (χ0v) is 14.3. The summed E-state index contributed by atoms with van der Waals surface area (Å²) in [4.78, 5) is 3.39. The molecule has 0 saturated heterocycles. The third-order valence-corrected chi connectivity index (χ3v) is 5.75. The number of hydrogen-bond donors (Lipinski definition) is 2. The molecule has 1 aromatic heterocycles. The lowest BCUT2D eigenvalue weighted by Crippen LogP contribution is -2.45. The molecule has 0 spiro atoms. The van der Waals surface area contributed by atoms with Crippen molar-refractivity contribution in [1.82, 2.24) is 14.8 Å². The molecule has 2 N–H and O–H groups in total. The van der Waals surface area contributed by atoms with Gasteiger partial charge >= 0.3 is 0 Å². The first-order valence-electron chi connectivity index (χ1n) is 7.18. The molecule has 22 heavy (non-hydrogen) atoms. The lowest BCUT2D eigenvalue weighted by molar-refractivity contribution is -0.000816. The Labute approximate surface area is 144 Å². The van der Waals surface area contributed by atoms with E-state index in [-0.39, 0.29) is 0 Å². The standard InChI is InChI=1S/C15H17Cl2N3OS/c16-12-4-2-1-3-11(12)5-6-15(21,14(17)7-8-14)9-20-13(22)18-10-19-20/h1-4,10,21H,5-9H2,(H,18,19,22). The van der Waals surface area contributed by atoms with Crippen molar-refractivity contribution in [1.29, 1.82) is 0 Å². The van der Waals surface area contributed by atoms with E-state index in [2.05, 4.69) is 10.1 Å². The molecule has 1 heterocycles. The monoisotopic (exact) mass is 357 g/mol. The molecule has 2 aromatic rings. The van der Waals surface area contributed by atoms with Gasteiger partial charge in [0.1, 0.15) is 11.9 Å². The summed E-state index contributed by atoms with van der Waals surface area (Å²) in [6.45, 7) is 0.305. The number of H-pyrrole nitrogens is 1. The Morgan fingerprint density at radius 3 is 2.73 bits per heavy atom. The first kappa shape index (κ1) is 16.0. The maximum Gasteiger partial charge on any atom is 0.215 e. The molecule has 0 bridgehead atoms. The molecule has 1 unspecified atom stereocenters. The number of benzene rings is 1. The zero-order valence-electron chi connectivity index (χ0n) is 11.9. The third-order valence-electron chi connectivity index (χ3n) is 4.33. The molecule has 7 heteroatoms. The summed E-state index contributed by atoms with van der Waals surface area (Å²) in [5.41, 5.74) is -0.0462. The van der Waals surface area contributed by atoms with Crippen LogP contribution in [0.2, 0.25) is 5.02 Å². The van der Waals surface area contributed by atoms with Crippen LogP contribution in [-0.4, -0.2) is 30.3 Å². The minimum atomic E-state index is -1.06. The predicted molar refractivity (Wildman–Crippen MR) is 90.0 cm³/mol. The largest absolute Gasteiger partial charge is 0.386 e. The number of aromatic nitrogens is 3. The molecule has 3 rings (SSSR count). The molecule has 4 nitrogen and oxygen atoms in total. The van der Waals surface area contributed by atoms with Gasteiger partial charge in [0.15, 0.2) is 0 Å². The Bertz CT molecular complexity index is 725. The summed E-state index contributed by atoms with van der Waals surface area (Å²) in [6.07, 6.45) is 4.29. The van der Waals surface area contributed by atoms with Crippen LogP contribution in [0.15, 0.2) is 30.6 Å². The van der Waals surface area contributed by atoms with Gasteiger partial charge in [0.25, 0.3) is 0 Å². The Morgan fingerprint density at radius 1 is 1.41 bits per heavy atom. The second kappa shape index (κ2) is 5.96. The summed E-state index contributed by atoms with van der Waals surface area (Å²) >= 11 is 17.9. The van der Waals surface area contributed by atoms with Crippen molar-refractivity contribution in [2.45, 2.75) is 42.7 Å². The molecule has 0 aliphatic heterocycles. The van der Waals surface area contributed by atoms with Crippen LogP contribution < -0.4 is 0 Å². The maximum absolute atomic E-state index is 11.2. The van der Waals surface area contributed by atoms with Crippen molar-refractivity contribution in [3.63, 3.8) is 0 Å². The van der Waals surface area contributed by atoms with Crippen molar-refractivity contribution in [2.75, 3.05) is 0 Å². The van der Waals surface area contributed by atoms with Crippen LogP contribution in [0, 0.1) is 4.77 Å². The number of alkyl halides is 1. The van der Waals surface area contributed by atoms with Gasteiger partial charge in [-0.3, -0.25) is 9.78 Å². The number of rotatable bonds is 6. The van der Waals surface area contributed by atoms with E-state index in [0.29, 0.717) is 29.2 Å². The number of halogens is 2. The van der Waals surface area contributed by atoms with E-state index in [1.807, 2.05) is 24.3 Å². The topological polar surface area (TPSA) is 53.8 Å². The molecule has 0 amide bonds. The van der Waals surface area contributed by atoms with Crippen LogP contribution in [0.3, 0.4) is 0 Å². The van der Waals surface area contributed by atoms with Gasteiger partial charge in [-0.15, -0.1) is 11.6 Å². The predicted octanol–water partition coefficient (Wildman–Crippen LogP) is 3.73. The second-order valence-corrected chi connectivity index (χ2v) is 7.34. The molecule has 1 aliphatic rings. The van der Waals surface area contributed by atoms with Crippen LogP contribution >= 0.6 is 35.4 Å². The summed E-state index contributed by atoms with van der Waals surface area (Å²) in [6, 6.07) is 7.66. The van der Waals surface area contributed by atoms with Gasteiger partial charge in [-0.2, -0.15) is 0 Å². The minimum absolute atomic E-state index is 0.305. The van der Waals surface area contributed by atoms with Gasteiger partial charge in [-0.25, -0.2) is 4.98 Å². The van der Waals surface area contributed by atoms with Crippen LogP contribution in [-0.2, 0) is 13.0 Å². The van der Waals surface area contributed by atoms with Crippen molar-refractivity contribution in [3.8, 4) is 0 Å². The van der Waals surface area contributed by atoms with E-state index in [4.69, 9.17) is 35.4 Å². The fourth-order valence-electron chi connectivity index (χ4n) is 2.72. The zero-order chi connectivity index (χ0) is 15.8. The summed E-state index contributed by atoms with van der Waals surface area (Å²) in [5, 5.41) is 14.8. The third kappa shape index (κ3) is 3.08. The highest BCUT2D eigenvalue weighted by Crippen LogP contribution is 2.53. The molecule has 1 fully saturated rings. The van der Waals surface area contributed by atoms with E-state index in [0.717, 1.165) is 18.4 Å². The summed E-state index contributed by atoms with van der Waals surface area (Å²) < 4.78 is 2.07. The Balaban J connectivity index is 1.80.